The van der Waals surface area contributed by atoms with E-state index in [1.807, 2.05) is 0 Å². The summed E-state index contributed by atoms with van der Waals surface area (Å²) in [4.78, 5) is 11.6. The summed E-state index contributed by atoms with van der Waals surface area (Å²) < 4.78 is 40.5. The van der Waals surface area contributed by atoms with Gasteiger partial charge >= 0.3 is 6.18 Å². The van der Waals surface area contributed by atoms with Crippen molar-refractivity contribution in [1.29, 1.82) is 0 Å². The van der Waals surface area contributed by atoms with Crippen LogP contribution >= 0.6 is 0 Å². The van der Waals surface area contributed by atoms with Gasteiger partial charge in [-0.3, -0.25) is 4.79 Å². The first-order valence-electron chi connectivity index (χ1n) is 5.59. The van der Waals surface area contributed by atoms with Gasteiger partial charge in [-0.05, 0) is 32.0 Å². The highest BCUT2D eigenvalue weighted by Gasteiger charge is 2.28. The summed E-state index contributed by atoms with van der Waals surface area (Å²) in [6, 6.07) is 3.84. The Balaban J connectivity index is 2.77. The van der Waals surface area contributed by atoms with Crippen molar-refractivity contribution < 1.29 is 22.7 Å². The van der Waals surface area contributed by atoms with Gasteiger partial charge < -0.3 is 15.8 Å². The molecule has 106 valence electrons. The Hall–Kier alpha value is -1.92. The molecule has 0 saturated heterocycles. The fourth-order valence-electron chi connectivity index (χ4n) is 1.33. The molecule has 4 nitrogen and oxygen atoms in total. The minimum atomic E-state index is -4.43. The largest absolute Gasteiger partial charge is 0.482 e. The number of rotatable bonds is 4. The van der Waals surface area contributed by atoms with E-state index in [4.69, 9.17) is 5.73 Å². The summed E-state index contributed by atoms with van der Waals surface area (Å²) in [5, 5.41) is 2.65. The number of ether oxygens (including phenoxy) is 1. The summed E-state index contributed by atoms with van der Waals surface area (Å²) in [5.74, 6) is -0.442. The van der Waals surface area contributed by atoms with Crippen molar-refractivity contribution in [2.45, 2.75) is 26.1 Å². The van der Waals surface area contributed by atoms with Crippen LogP contribution in [0.25, 0.3) is 0 Å². The third-order valence-corrected chi connectivity index (χ3v) is 2.08. The zero-order chi connectivity index (χ0) is 14.6. The number of alkyl halides is 3. The highest BCUT2D eigenvalue weighted by molar-refractivity contribution is 5.95. The Bertz CT molecular complexity index is 459. The van der Waals surface area contributed by atoms with Crippen LogP contribution in [0.3, 0.4) is 0 Å². The standard InChI is InChI=1S/C12H15F3N2O2/c1-7(2)17-11(18)8-3-4-10(9(16)5-8)19-6-12(13,14)15/h3-5,7H,6,16H2,1-2H3,(H,17,18). The Labute approximate surface area is 108 Å². The monoisotopic (exact) mass is 276 g/mol. The topological polar surface area (TPSA) is 64.3 Å². The average Bonchev–Trinajstić information content (AvgIpc) is 2.25. The molecule has 1 aromatic rings. The second-order valence-electron chi connectivity index (χ2n) is 4.28. The molecule has 1 amide bonds. The highest BCUT2D eigenvalue weighted by atomic mass is 19.4. The molecule has 0 unspecified atom stereocenters. The lowest BCUT2D eigenvalue weighted by Gasteiger charge is -2.13. The Morgan fingerprint density at radius 1 is 1.42 bits per heavy atom. The Morgan fingerprint density at radius 2 is 2.05 bits per heavy atom. The number of nitrogen functional groups attached to an aromatic ring is 1. The molecule has 0 atom stereocenters. The Morgan fingerprint density at radius 3 is 2.53 bits per heavy atom. The number of nitrogens with one attached hydrogen (secondary N) is 1. The fourth-order valence-corrected chi connectivity index (χ4v) is 1.33. The van der Waals surface area contributed by atoms with E-state index in [1.165, 1.54) is 18.2 Å². The quantitative estimate of drug-likeness (QED) is 0.830. The number of benzene rings is 1. The van der Waals surface area contributed by atoms with E-state index in [1.54, 1.807) is 13.8 Å². The number of anilines is 1. The first-order chi connectivity index (χ1) is 8.69. The summed E-state index contributed by atoms with van der Waals surface area (Å²) in [6.45, 7) is 2.17. The molecule has 0 heterocycles. The van der Waals surface area contributed by atoms with Crippen molar-refractivity contribution in [1.82, 2.24) is 5.32 Å². The Kier molecular flexibility index (Phi) is 4.63. The third-order valence-electron chi connectivity index (χ3n) is 2.08. The van der Waals surface area contributed by atoms with Crippen molar-refractivity contribution in [3.05, 3.63) is 23.8 Å². The van der Waals surface area contributed by atoms with Crippen molar-refractivity contribution in [3.8, 4) is 5.75 Å². The predicted molar refractivity (Wildman–Crippen MR) is 65.0 cm³/mol. The fraction of sp³-hybridized carbons (Fsp3) is 0.417. The lowest BCUT2D eigenvalue weighted by molar-refractivity contribution is -0.153. The molecule has 1 rings (SSSR count). The summed E-state index contributed by atoms with van der Waals surface area (Å²) in [5.41, 5.74) is 5.80. The average molecular weight is 276 g/mol. The number of hydrogen-bond donors (Lipinski definition) is 2. The van der Waals surface area contributed by atoms with Crippen molar-refractivity contribution in [2.75, 3.05) is 12.3 Å². The molecule has 3 N–H and O–H groups in total. The van der Waals surface area contributed by atoms with Crippen LogP contribution in [0.4, 0.5) is 18.9 Å². The molecule has 0 aliphatic rings. The van der Waals surface area contributed by atoms with E-state index in [2.05, 4.69) is 10.1 Å². The van der Waals surface area contributed by atoms with E-state index >= 15 is 0 Å². The smallest absolute Gasteiger partial charge is 0.422 e. The van der Waals surface area contributed by atoms with Crippen LogP contribution in [-0.2, 0) is 0 Å². The molecule has 0 bridgehead atoms. The van der Waals surface area contributed by atoms with Gasteiger partial charge in [0.05, 0.1) is 5.69 Å². The van der Waals surface area contributed by atoms with Crippen LogP contribution in [-0.4, -0.2) is 24.7 Å². The molecule has 0 saturated carbocycles. The number of hydrogen-bond acceptors (Lipinski definition) is 3. The number of nitrogens with two attached hydrogens (primary N) is 1. The van der Waals surface area contributed by atoms with Gasteiger partial charge in [0.15, 0.2) is 6.61 Å². The minimum absolute atomic E-state index is 0.0133. The van der Waals surface area contributed by atoms with Gasteiger partial charge in [0, 0.05) is 11.6 Å². The van der Waals surface area contributed by atoms with Gasteiger partial charge in [-0.25, -0.2) is 0 Å². The van der Waals surface area contributed by atoms with Crippen molar-refractivity contribution >= 4 is 11.6 Å². The van der Waals surface area contributed by atoms with Crippen LogP contribution in [0.15, 0.2) is 18.2 Å². The van der Waals surface area contributed by atoms with E-state index < -0.39 is 12.8 Å². The number of halogens is 3. The molecule has 1 aromatic carbocycles. The van der Waals surface area contributed by atoms with Gasteiger partial charge in [-0.15, -0.1) is 0 Å². The molecule has 0 spiro atoms. The predicted octanol–water partition coefficient (Wildman–Crippen LogP) is 2.35. The molecule has 19 heavy (non-hydrogen) atoms. The van der Waals surface area contributed by atoms with Crippen molar-refractivity contribution in [3.63, 3.8) is 0 Å². The number of carbonyl (C=O) groups is 1. The van der Waals surface area contributed by atoms with Crippen molar-refractivity contribution in [2.24, 2.45) is 0 Å². The molecule has 0 aliphatic carbocycles. The van der Waals surface area contributed by atoms with E-state index in [-0.39, 0.29) is 28.9 Å². The molecule has 0 radical (unpaired) electrons. The molecular weight excluding hydrogens is 261 g/mol. The molecule has 0 aromatic heterocycles. The van der Waals surface area contributed by atoms with Crippen LogP contribution in [0.5, 0.6) is 5.75 Å². The van der Waals surface area contributed by atoms with Crippen LogP contribution in [0.2, 0.25) is 0 Å². The molecule has 0 aliphatic heterocycles. The SMILES string of the molecule is CC(C)NC(=O)c1ccc(OCC(F)(F)F)c(N)c1. The first-order valence-corrected chi connectivity index (χ1v) is 5.59. The maximum absolute atomic E-state index is 12.0. The van der Waals surface area contributed by atoms with Gasteiger partial charge in [0.2, 0.25) is 0 Å². The third kappa shape index (κ3) is 5.07. The van der Waals surface area contributed by atoms with Gasteiger partial charge in [-0.2, -0.15) is 13.2 Å². The van der Waals surface area contributed by atoms with Crippen LogP contribution in [0.1, 0.15) is 24.2 Å². The normalized spacial score (nSPS) is 11.5. The molecule has 0 fully saturated rings. The lowest BCUT2D eigenvalue weighted by Crippen LogP contribution is -2.30. The summed E-state index contributed by atoms with van der Waals surface area (Å²) in [6.07, 6.45) is -4.43. The van der Waals surface area contributed by atoms with Crippen LogP contribution < -0.4 is 15.8 Å². The number of amides is 1. The molecular formula is C12H15F3N2O2. The zero-order valence-corrected chi connectivity index (χ0v) is 10.5. The highest BCUT2D eigenvalue weighted by Crippen LogP contribution is 2.25. The summed E-state index contributed by atoms with van der Waals surface area (Å²) >= 11 is 0. The summed E-state index contributed by atoms with van der Waals surface area (Å²) in [7, 11) is 0. The van der Waals surface area contributed by atoms with E-state index in [9.17, 15) is 18.0 Å². The first kappa shape index (κ1) is 15.1. The maximum atomic E-state index is 12.0. The minimum Gasteiger partial charge on any atom is -0.482 e. The van der Waals surface area contributed by atoms with Gasteiger partial charge in [0.25, 0.3) is 5.91 Å². The molecule has 7 heteroatoms. The van der Waals surface area contributed by atoms with E-state index in [0.29, 0.717) is 0 Å². The maximum Gasteiger partial charge on any atom is 0.422 e. The van der Waals surface area contributed by atoms with Gasteiger partial charge in [0.1, 0.15) is 5.75 Å². The lowest BCUT2D eigenvalue weighted by atomic mass is 10.1. The van der Waals surface area contributed by atoms with E-state index in [0.717, 1.165) is 0 Å². The van der Waals surface area contributed by atoms with Crippen LogP contribution in [0, 0.1) is 0 Å². The zero-order valence-electron chi connectivity index (χ0n) is 10.5. The number of carbonyl (C=O) groups excluding carboxylic acids is 1. The second kappa shape index (κ2) is 5.81. The van der Waals surface area contributed by atoms with Gasteiger partial charge in [-0.1, -0.05) is 0 Å². The second-order valence-corrected chi connectivity index (χ2v) is 4.28.